The van der Waals surface area contributed by atoms with E-state index >= 15 is 0 Å². The predicted molar refractivity (Wildman–Crippen MR) is 85.4 cm³/mol. The average Bonchev–Trinajstić information content (AvgIpc) is 2.48. The predicted octanol–water partition coefficient (Wildman–Crippen LogP) is 0.704. The number of morpholine rings is 2. The molecule has 3 atom stereocenters. The van der Waals surface area contributed by atoms with Gasteiger partial charge in [0.05, 0.1) is 38.6 Å². The maximum atomic E-state index is 12.2. The molecule has 2 aliphatic heterocycles. The molecule has 0 aromatic carbocycles. The van der Waals surface area contributed by atoms with Crippen molar-refractivity contribution in [3.05, 3.63) is 0 Å². The minimum atomic E-state index is -0.488. The zero-order chi connectivity index (χ0) is 17.0. The summed E-state index contributed by atoms with van der Waals surface area (Å²) in [5.74, 6) is 0. The standard InChI is InChI=1S/C16H30N2O5/c1-12-11-22-14(10-19)9-18(12)8-13-7-17(5-6-21-13)15(20)23-16(2,3)4/h12-14,19H,5-11H2,1-4H3. The summed E-state index contributed by atoms with van der Waals surface area (Å²) in [6.45, 7) is 11.4. The fraction of sp³-hybridized carbons (Fsp3) is 0.938. The van der Waals surface area contributed by atoms with Gasteiger partial charge in [-0.15, -0.1) is 0 Å². The van der Waals surface area contributed by atoms with E-state index in [0.29, 0.717) is 32.8 Å². The van der Waals surface area contributed by atoms with Crippen molar-refractivity contribution >= 4 is 6.09 Å². The van der Waals surface area contributed by atoms with E-state index in [1.165, 1.54) is 0 Å². The van der Waals surface area contributed by atoms with Crippen LogP contribution in [0.2, 0.25) is 0 Å². The molecule has 7 nitrogen and oxygen atoms in total. The molecule has 0 saturated carbocycles. The van der Waals surface area contributed by atoms with Crippen LogP contribution in [0.5, 0.6) is 0 Å². The lowest BCUT2D eigenvalue weighted by Crippen LogP contribution is -2.55. The molecule has 0 aromatic heterocycles. The van der Waals surface area contributed by atoms with E-state index in [1.807, 2.05) is 20.8 Å². The summed E-state index contributed by atoms with van der Waals surface area (Å²) < 4.78 is 16.8. The van der Waals surface area contributed by atoms with Crippen LogP contribution in [0, 0.1) is 0 Å². The van der Waals surface area contributed by atoms with Crippen molar-refractivity contribution in [2.45, 2.75) is 51.5 Å². The number of aliphatic hydroxyl groups excluding tert-OH is 1. The van der Waals surface area contributed by atoms with Gasteiger partial charge in [0, 0.05) is 25.7 Å². The molecule has 0 bridgehead atoms. The molecular formula is C16H30N2O5. The van der Waals surface area contributed by atoms with Crippen molar-refractivity contribution in [1.82, 2.24) is 9.80 Å². The van der Waals surface area contributed by atoms with Crippen LogP contribution in [-0.2, 0) is 14.2 Å². The van der Waals surface area contributed by atoms with E-state index in [9.17, 15) is 9.90 Å². The topological polar surface area (TPSA) is 71.5 Å². The van der Waals surface area contributed by atoms with Crippen molar-refractivity contribution in [1.29, 1.82) is 0 Å². The normalized spacial score (nSPS) is 30.3. The van der Waals surface area contributed by atoms with E-state index in [1.54, 1.807) is 4.90 Å². The van der Waals surface area contributed by atoms with Crippen molar-refractivity contribution in [2.75, 3.05) is 46.0 Å². The second kappa shape index (κ2) is 7.79. The van der Waals surface area contributed by atoms with Crippen LogP contribution in [0.15, 0.2) is 0 Å². The molecule has 2 fully saturated rings. The smallest absolute Gasteiger partial charge is 0.410 e. The molecule has 0 radical (unpaired) electrons. The van der Waals surface area contributed by atoms with Crippen molar-refractivity contribution in [3.8, 4) is 0 Å². The van der Waals surface area contributed by atoms with Gasteiger partial charge in [0.15, 0.2) is 0 Å². The molecule has 134 valence electrons. The highest BCUT2D eigenvalue weighted by molar-refractivity contribution is 5.68. The molecule has 7 heteroatoms. The summed E-state index contributed by atoms with van der Waals surface area (Å²) in [5, 5.41) is 9.27. The van der Waals surface area contributed by atoms with Gasteiger partial charge in [0.25, 0.3) is 0 Å². The molecule has 3 unspecified atom stereocenters. The molecule has 2 heterocycles. The summed E-state index contributed by atoms with van der Waals surface area (Å²) in [5.41, 5.74) is -0.488. The number of hydrogen-bond donors (Lipinski definition) is 1. The summed E-state index contributed by atoms with van der Waals surface area (Å²) >= 11 is 0. The number of hydrogen-bond acceptors (Lipinski definition) is 6. The highest BCUT2D eigenvalue weighted by Gasteiger charge is 2.32. The highest BCUT2D eigenvalue weighted by atomic mass is 16.6. The number of amides is 1. The number of carbonyl (C=O) groups is 1. The number of carbonyl (C=O) groups excluding carboxylic acids is 1. The molecule has 0 spiro atoms. The minimum absolute atomic E-state index is 0.0266. The third-order valence-corrected chi connectivity index (χ3v) is 4.07. The Hall–Kier alpha value is -0.890. The van der Waals surface area contributed by atoms with Gasteiger partial charge >= 0.3 is 6.09 Å². The quantitative estimate of drug-likeness (QED) is 0.821. The Morgan fingerprint density at radius 3 is 2.65 bits per heavy atom. The Morgan fingerprint density at radius 1 is 1.26 bits per heavy atom. The van der Waals surface area contributed by atoms with Gasteiger partial charge < -0.3 is 24.2 Å². The van der Waals surface area contributed by atoms with Crippen LogP contribution >= 0.6 is 0 Å². The number of ether oxygens (including phenoxy) is 3. The molecule has 2 aliphatic rings. The van der Waals surface area contributed by atoms with Gasteiger partial charge in [-0.2, -0.15) is 0 Å². The van der Waals surface area contributed by atoms with Crippen molar-refractivity contribution in [2.24, 2.45) is 0 Å². The van der Waals surface area contributed by atoms with Gasteiger partial charge in [0.1, 0.15) is 5.60 Å². The Morgan fingerprint density at radius 2 is 2.00 bits per heavy atom. The Bertz CT molecular complexity index is 398. The first-order valence-corrected chi connectivity index (χ1v) is 8.34. The summed E-state index contributed by atoms with van der Waals surface area (Å²) in [4.78, 5) is 16.2. The maximum Gasteiger partial charge on any atom is 0.410 e. The summed E-state index contributed by atoms with van der Waals surface area (Å²) in [7, 11) is 0. The van der Waals surface area contributed by atoms with E-state index in [2.05, 4.69) is 11.8 Å². The highest BCUT2D eigenvalue weighted by Crippen LogP contribution is 2.17. The van der Waals surface area contributed by atoms with Crippen LogP contribution in [0.3, 0.4) is 0 Å². The fourth-order valence-corrected chi connectivity index (χ4v) is 2.82. The molecule has 2 rings (SSSR count). The third kappa shape index (κ3) is 5.60. The lowest BCUT2D eigenvalue weighted by Gasteiger charge is -2.41. The molecular weight excluding hydrogens is 300 g/mol. The molecule has 23 heavy (non-hydrogen) atoms. The Balaban J connectivity index is 1.87. The molecule has 1 N–H and O–H groups in total. The van der Waals surface area contributed by atoms with Crippen LogP contribution in [0.4, 0.5) is 4.79 Å². The van der Waals surface area contributed by atoms with E-state index in [-0.39, 0.29) is 30.9 Å². The Kier molecular flexibility index (Phi) is 6.25. The molecule has 0 aromatic rings. The number of aliphatic hydroxyl groups is 1. The largest absolute Gasteiger partial charge is 0.444 e. The first kappa shape index (κ1) is 18.4. The summed E-state index contributed by atoms with van der Waals surface area (Å²) in [6.07, 6.45) is -0.470. The monoisotopic (exact) mass is 330 g/mol. The van der Waals surface area contributed by atoms with Gasteiger partial charge in [-0.1, -0.05) is 0 Å². The fourth-order valence-electron chi connectivity index (χ4n) is 2.82. The van der Waals surface area contributed by atoms with E-state index in [4.69, 9.17) is 14.2 Å². The zero-order valence-electron chi connectivity index (χ0n) is 14.7. The van der Waals surface area contributed by atoms with Gasteiger partial charge in [-0.3, -0.25) is 4.90 Å². The first-order valence-electron chi connectivity index (χ1n) is 8.34. The minimum Gasteiger partial charge on any atom is -0.444 e. The summed E-state index contributed by atoms with van der Waals surface area (Å²) in [6, 6.07) is 0.276. The number of rotatable bonds is 3. The first-order chi connectivity index (χ1) is 10.8. The lowest BCUT2D eigenvalue weighted by molar-refractivity contribution is -0.104. The maximum absolute atomic E-state index is 12.2. The average molecular weight is 330 g/mol. The second-order valence-corrected chi connectivity index (χ2v) is 7.36. The Labute approximate surface area is 138 Å². The lowest BCUT2D eigenvalue weighted by atomic mass is 10.1. The van der Waals surface area contributed by atoms with Crippen molar-refractivity contribution in [3.63, 3.8) is 0 Å². The van der Waals surface area contributed by atoms with Crippen LogP contribution < -0.4 is 0 Å². The molecule has 0 aliphatic carbocycles. The van der Waals surface area contributed by atoms with Gasteiger partial charge in [-0.25, -0.2) is 4.79 Å². The van der Waals surface area contributed by atoms with Crippen LogP contribution in [0.1, 0.15) is 27.7 Å². The van der Waals surface area contributed by atoms with Crippen LogP contribution in [-0.4, -0.2) is 90.9 Å². The SMILES string of the molecule is CC1COC(CO)CN1CC1CN(C(=O)OC(C)(C)C)CCO1. The second-order valence-electron chi connectivity index (χ2n) is 7.36. The van der Waals surface area contributed by atoms with Gasteiger partial charge in [-0.05, 0) is 27.7 Å². The molecule has 2 saturated heterocycles. The van der Waals surface area contributed by atoms with Crippen LogP contribution in [0.25, 0.3) is 0 Å². The zero-order valence-corrected chi connectivity index (χ0v) is 14.7. The van der Waals surface area contributed by atoms with Crippen molar-refractivity contribution < 1.29 is 24.1 Å². The van der Waals surface area contributed by atoms with E-state index < -0.39 is 5.60 Å². The van der Waals surface area contributed by atoms with Gasteiger partial charge in [0.2, 0.25) is 0 Å². The number of nitrogens with zero attached hydrogens (tertiary/aromatic N) is 2. The third-order valence-electron chi connectivity index (χ3n) is 4.07. The molecule has 1 amide bonds. The van der Waals surface area contributed by atoms with E-state index in [0.717, 1.165) is 6.54 Å².